The molecule has 0 bridgehead atoms. The number of aromatic hydroxyl groups is 1. The fourth-order valence-corrected chi connectivity index (χ4v) is 1.79. The molecule has 1 aromatic carbocycles. The number of phenols is 1. The topological polar surface area (TPSA) is 40.5 Å². The van der Waals surface area contributed by atoms with Gasteiger partial charge < -0.3 is 10.0 Å². The number of anilines is 1. The van der Waals surface area contributed by atoms with Crippen molar-refractivity contribution < 1.29 is 9.90 Å². The largest absolute Gasteiger partial charge is 0.506 e. The number of hydrogen-bond donors (Lipinski definition) is 1. The van der Waals surface area contributed by atoms with Crippen molar-refractivity contribution in [2.24, 2.45) is 0 Å². The number of nitrogens with zero attached hydrogens (tertiary/aromatic N) is 1. The second kappa shape index (κ2) is 3.50. The van der Waals surface area contributed by atoms with Crippen LogP contribution in [-0.4, -0.2) is 17.6 Å². The van der Waals surface area contributed by atoms with E-state index in [1.54, 1.807) is 17.0 Å². The Balaban J connectivity index is 2.36. The van der Waals surface area contributed by atoms with Crippen LogP contribution < -0.4 is 4.90 Å². The molecule has 0 aliphatic carbocycles. The van der Waals surface area contributed by atoms with Crippen LogP contribution in [0.5, 0.6) is 5.75 Å². The molecule has 1 N–H and O–H groups in total. The lowest BCUT2D eigenvalue weighted by Gasteiger charge is -2.16. The van der Waals surface area contributed by atoms with Gasteiger partial charge in [0.05, 0.1) is 5.69 Å². The van der Waals surface area contributed by atoms with Gasteiger partial charge >= 0.3 is 0 Å². The Hall–Kier alpha value is -1.22. The Kier molecular flexibility index (Phi) is 2.33. The number of amides is 1. The average molecular weight is 212 g/mol. The van der Waals surface area contributed by atoms with Crippen molar-refractivity contribution in [1.29, 1.82) is 0 Å². The minimum absolute atomic E-state index is 0.0580. The van der Waals surface area contributed by atoms with E-state index in [9.17, 15) is 9.90 Å². The lowest BCUT2D eigenvalue weighted by Crippen LogP contribution is -2.23. The third-order valence-corrected chi connectivity index (χ3v) is 2.54. The van der Waals surface area contributed by atoms with Crippen LogP contribution >= 0.6 is 11.6 Å². The zero-order valence-electron chi connectivity index (χ0n) is 7.53. The van der Waals surface area contributed by atoms with Crippen LogP contribution in [0, 0.1) is 0 Å². The number of halogens is 1. The van der Waals surface area contributed by atoms with Crippen LogP contribution in [0.15, 0.2) is 18.2 Å². The first-order chi connectivity index (χ1) is 6.68. The highest BCUT2D eigenvalue weighted by molar-refractivity contribution is 6.30. The molecule has 1 amide bonds. The zero-order valence-corrected chi connectivity index (χ0v) is 8.29. The number of carbonyl (C=O) groups excluding carboxylic acids is 1. The van der Waals surface area contributed by atoms with E-state index in [1.165, 1.54) is 6.07 Å². The lowest BCUT2D eigenvalue weighted by atomic mass is 10.2. The lowest BCUT2D eigenvalue weighted by molar-refractivity contribution is -0.117. The number of carbonyl (C=O) groups is 1. The number of benzene rings is 1. The second-order valence-corrected chi connectivity index (χ2v) is 3.72. The highest BCUT2D eigenvalue weighted by Crippen LogP contribution is 2.32. The first-order valence-electron chi connectivity index (χ1n) is 4.47. The molecule has 1 heterocycles. The van der Waals surface area contributed by atoms with Gasteiger partial charge in [-0.15, -0.1) is 0 Å². The average Bonchev–Trinajstić information content (AvgIpc) is 2.52. The van der Waals surface area contributed by atoms with Gasteiger partial charge in [0.15, 0.2) is 0 Å². The minimum atomic E-state index is 0.0580. The molecule has 1 saturated heterocycles. The second-order valence-electron chi connectivity index (χ2n) is 3.28. The van der Waals surface area contributed by atoms with Crippen molar-refractivity contribution in [3.05, 3.63) is 23.2 Å². The van der Waals surface area contributed by atoms with Crippen LogP contribution in [0.25, 0.3) is 0 Å². The Morgan fingerprint density at radius 3 is 2.79 bits per heavy atom. The van der Waals surface area contributed by atoms with Crippen molar-refractivity contribution in [3.63, 3.8) is 0 Å². The maximum absolute atomic E-state index is 11.4. The predicted octanol–water partition coefficient (Wildman–Crippen LogP) is 2.17. The van der Waals surface area contributed by atoms with Crippen LogP contribution in [0.4, 0.5) is 5.69 Å². The van der Waals surface area contributed by atoms with Gasteiger partial charge in [0, 0.05) is 24.1 Å². The van der Waals surface area contributed by atoms with Crippen LogP contribution in [0.3, 0.4) is 0 Å². The van der Waals surface area contributed by atoms with E-state index in [0.717, 1.165) is 6.42 Å². The molecule has 0 radical (unpaired) electrons. The van der Waals surface area contributed by atoms with Gasteiger partial charge in [0.25, 0.3) is 0 Å². The van der Waals surface area contributed by atoms with E-state index in [4.69, 9.17) is 11.6 Å². The monoisotopic (exact) mass is 211 g/mol. The molecule has 0 saturated carbocycles. The van der Waals surface area contributed by atoms with Gasteiger partial charge in [-0.3, -0.25) is 4.79 Å². The summed E-state index contributed by atoms with van der Waals surface area (Å²) in [5, 5.41) is 10.1. The summed E-state index contributed by atoms with van der Waals surface area (Å²) in [6, 6.07) is 4.78. The van der Waals surface area contributed by atoms with E-state index in [0.29, 0.717) is 23.7 Å². The molecule has 3 nitrogen and oxygen atoms in total. The van der Waals surface area contributed by atoms with Gasteiger partial charge in [-0.25, -0.2) is 0 Å². The molecule has 0 atom stereocenters. The fourth-order valence-electron chi connectivity index (χ4n) is 1.63. The first kappa shape index (κ1) is 9.34. The van der Waals surface area contributed by atoms with Gasteiger partial charge in [-0.1, -0.05) is 11.6 Å². The molecule has 1 aromatic rings. The molecule has 1 fully saturated rings. The van der Waals surface area contributed by atoms with E-state index < -0.39 is 0 Å². The summed E-state index contributed by atoms with van der Waals surface area (Å²) in [5.41, 5.74) is 0.553. The summed E-state index contributed by atoms with van der Waals surface area (Å²) in [6.45, 7) is 0.675. The molecule has 2 rings (SSSR count). The van der Waals surface area contributed by atoms with Crippen molar-refractivity contribution >= 4 is 23.2 Å². The minimum Gasteiger partial charge on any atom is -0.506 e. The van der Waals surface area contributed by atoms with E-state index in [1.807, 2.05) is 0 Å². The first-order valence-corrected chi connectivity index (χ1v) is 4.85. The third-order valence-electron chi connectivity index (χ3n) is 2.30. The molecule has 14 heavy (non-hydrogen) atoms. The van der Waals surface area contributed by atoms with Gasteiger partial charge in [0.2, 0.25) is 5.91 Å². The highest BCUT2D eigenvalue weighted by Gasteiger charge is 2.23. The van der Waals surface area contributed by atoms with Gasteiger partial charge in [-0.2, -0.15) is 0 Å². The Morgan fingerprint density at radius 1 is 1.43 bits per heavy atom. The summed E-state index contributed by atoms with van der Waals surface area (Å²) < 4.78 is 0. The Morgan fingerprint density at radius 2 is 2.21 bits per heavy atom. The van der Waals surface area contributed by atoms with Crippen molar-refractivity contribution in [3.8, 4) is 5.75 Å². The molecular formula is C10H10ClNO2. The Labute approximate surface area is 86.9 Å². The van der Waals surface area contributed by atoms with E-state index in [-0.39, 0.29) is 11.7 Å². The SMILES string of the molecule is O=C1CCCN1c1ccc(Cl)cc1O. The molecule has 1 aliphatic heterocycles. The maximum atomic E-state index is 11.4. The van der Waals surface area contributed by atoms with Crippen LogP contribution in [-0.2, 0) is 4.79 Å². The molecule has 1 aliphatic rings. The maximum Gasteiger partial charge on any atom is 0.227 e. The standard InChI is InChI=1S/C10H10ClNO2/c11-7-3-4-8(9(13)6-7)12-5-1-2-10(12)14/h3-4,6,13H,1-2,5H2. The molecule has 74 valence electrons. The van der Waals surface area contributed by atoms with Crippen molar-refractivity contribution in [1.82, 2.24) is 0 Å². The summed E-state index contributed by atoms with van der Waals surface area (Å²) in [5.74, 6) is 0.121. The molecular weight excluding hydrogens is 202 g/mol. The number of hydrogen-bond acceptors (Lipinski definition) is 2. The normalized spacial score (nSPS) is 16.4. The Bertz CT molecular complexity index is 378. The van der Waals surface area contributed by atoms with Crippen LogP contribution in [0.1, 0.15) is 12.8 Å². The van der Waals surface area contributed by atoms with Crippen molar-refractivity contribution in [2.75, 3.05) is 11.4 Å². The third kappa shape index (κ3) is 1.55. The zero-order chi connectivity index (χ0) is 10.1. The summed E-state index contributed by atoms with van der Waals surface area (Å²) >= 11 is 5.70. The quantitative estimate of drug-likeness (QED) is 0.774. The van der Waals surface area contributed by atoms with Gasteiger partial charge in [0.1, 0.15) is 5.75 Å². The van der Waals surface area contributed by atoms with Crippen LogP contribution in [0.2, 0.25) is 5.02 Å². The molecule has 0 unspecified atom stereocenters. The highest BCUT2D eigenvalue weighted by atomic mass is 35.5. The van der Waals surface area contributed by atoms with Crippen molar-refractivity contribution in [2.45, 2.75) is 12.8 Å². The summed E-state index contributed by atoms with van der Waals surface area (Å²) in [7, 11) is 0. The van der Waals surface area contributed by atoms with E-state index >= 15 is 0 Å². The summed E-state index contributed by atoms with van der Waals surface area (Å²) in [4.78, 5) is 13.0. The molecule has 4 heteroatoms. The van der Waals surface area contributed by atoms with Gasteiger partial charge in [-0.05, 0) is 18.6 Å². The smallest absolute Gasteiger partial charge is 0.227 e. The van der Waals surface area contributed by atoms with E-state index in [2.05, 4.69) is 0 Å². The molecule has 0 aromatic heterocycles. The number of rotatable bonds is 1. The fraction of sp³-hybridized carbons (Fsp3) is 0.300. The number of phenolic OH excluding ortho intramolecular Hbond substituents is 1. The predicted molar refractivity (Wildman–Crippen MR) is 54.7 cm³/mol. The molecule has 0 spiro atoms. The summed E-state index contributed by atoms with van der Waals surface area (Å²) in [6.07, 6.45) is 1.41.